The van der Waals surface area contributed by atoms with Crippen LogP contribution in [0.15, 0.2) is 36.7 Å². The number of carbonyl (C=O) groups excluding carboxylic acids is 1. The van der Waals surface area contributed by atoms with Crippen LogP contribution in [-0.4, -0.2) is 22.9 Å². The van der Waals surface area contributed by atoms with Crippen LogP contribution in [0.3, 0.4) is 0 Å². The number of halogens is 3. The van der Waals surface area contributed by atoms with Gasteiger partial charge in [0.05, 0.1) is 12.7 Å². The summed E-state index contributed by atoms with van der Waals surface area (Å²) < 4.78 is 42.2. The zero-order valence-corrected chi connectivity index (χ0v) is 10.3. The Labute approximate surface area is 112 Å². The number of rotatable bonds is 3. The van der Waals surface area contributed by atoms with Gasteiger partial charge in [0, 0.05) is 12.4 Å². The van der Waals surface area contributed by atoms with Crippen molar-refractivity contribution in [3.8, 4) is 5.75 Å². The minimum absolute atomic E-state index is 0.00209. The highest BCUT2D eigenvalue weighted by Crippen LogP contribution is 2.28. The number of carbonyl (C=O) groups is 1. The zero-order valence-electron chi connectivity index (χ0n) is 10.3. The number of pyridine rings is 2. The summed E-state index contributed by atoms with van der Waals surface area (Å²) >= 11 is 0. The zero-order chi connectivity index (χ0) is 14.8. The summed E-state index contributed by atoms with van der Waals surface area (Å²) in [6.07, 6.45) is -2.49. The molecule has 2 heterocycles. The lowest BCUT2D eigenvalue weighted by molar-refractivity contribution is -0.137. The smallest absolute Gasteiger partial charge is 0.417 e. The summed E-state index contributed by atoms with van der Waals surface area (Å²) in [5.41, 5.74) is -1.04. The molecule has 0 aliphatic carbocycles. The van der Waals surface area contributed by atoms with Crippen molar-refractivity contribution in [1.82, 2.24) is 9.97 Å². The van der Waals surface area contributed by atoms with E-state index in [0.29, 0.717) is 6.20 Å². The van der Waals surface area contributed by atoms with Crippen LogP contribution in [0.4, 0.5) is 13.2 Å². The fourth-order valence-corrected chi connectivity index (χ4v) is 1.54. The third kappa shape index (κ3) is 2.76. The molecule has 0 aliphatic rings. The van der Waals surface area contributed by atoms with Gasteiger partial charge < -0.3 is 4.74 Å². The van der Waals surface area contributed by atoms with Crippen LogP contribution in [0.5, 0.6) is 5.75 Å². The molecule has 2 aromatic heterocycles. The van der Waals surface area contributed by atoms with E-state index in [-0.39, 0.29) is 17.1 Å². The predicted octanol–water partition coefficient (Wildman–Crippen LogP) is 2.74. The highest BCUT2D eigenvalue weighted by molar-refractivity contribution is 6.08. The summed E-state index contributed by atoms with van der Waals surface area (Å²) in [5.74, 6) is -0.365. The van der Waals surface area contributed by atoms with E-state index in [1.807, 2.05) is 0 Å². The number of hydrogen-bond acceptors (Lipinski definition) is 4. The Morgan fingerprint density at radius 1 is 1.20 bits per heavy atom. The van der Waals surface area contributed by atoms with Crippen molar-refractivity contribution >= 4 is 5.78 Å². The summed E-state index contributed by atoms with van der Waals surface area (Å²) in [7, 11) is 1.37. The number of hydrogen-bond donors (Lipinski definition) is 0. The average Bonchev–Trinajstić information content (AvgIpc) is 2.45. The van der Waals surface area contributed by atoms with Crippen LogP contribution < -0.4 is 4.74 Å². The monoisotopic (exact) mass is 282 g/mol. The van der Waals surface area contributed by atoms with Gasteiger partial charge in [0.25, 0.3) is 0 Å². The predicted molar refractivity (Wildman–Crippen MR) is 63.5 cm³/mol. The van der Waals surface area contributed by atoms with Crippen molar-refractivity contribution < 1.29 is 22.7 Å². The second-order valence-corrected chi connectivity index (χ2v) is 3.81. The number of ketones is 1. The van der Waals surface area contributed by atoms with Crippen molar-refractivity contribution in [2.24, 2.45) is 0 Å². The van der Waals surface area contributed by atoms with Gasteiger partial charge in [0.1, 0.15) is 11.4 Å². The molecular formula is C13H9F3N2O2. The summed E-state index contributed by atoms with van der Waals surface area (Å²) in [5, 5.41) is 0. The second-order valence-electron chi connectivity index (χ2n) is 3.81. The molecule has 20 heavy (non-hydrogen) atoms. The second kappa shape index (κ2) is 5.28. The topological polar surface area (TPSA) is 52.1 Å². The van der Waals surface area contributed by atoms with Crippen LogP contribution in [0.2, 0.25) is 0 Å². The molecule has 0 atom stereocenters. The molecule has 0 fully saturated rings. The Bertz CT molecular complexity index is 624. The lowest BCUT2D eigenvalue weighted by atomic mass is 10.1. The molecule has 104 valence electrons. The molecule has 0 aromatic carbocycles. The fourth-order valence-electron chi connectivity index (χ4n) is 1.54. The molecule has 0 saturated heterocycles. The van der Waals surface area contributed by atoms with E-state index in [4.69, 9.17) is 4.74 Å². The molecule has 2 aromatic rings. The Morgan fingerprint density at radius 3 is 2.50 bits per heavy atom. The lowest BCUT2D eigenvalue weighted by Crippen LogP contribution is -2.10. The molecule has 0 aliphatic heterocycles. The Morgan fingerprint density at radius 2 is 1.95 bits per heavy atom. The highest BCUT2D eigenvalue weighted by atomic mass is 19.4. The molecule has 0 radical (unpaired) electrons. The molecule has 0 bridgehead atoms. The Kier molecular flexibility index (Phi) is 3.69. The summed E-state index contributed by atoms with van der Waals surface area (Å²) in [6.45, 7) is 0. The number of aromatic nitrogens is 2. The molecule has 0 N–H and O–H groups in total. The van der Waals surface area contributed by atoms with E-state index < -0.39 is 17.5 Å². The molecule has 2 rings (SSSR count). The van der Waals surface area contributed by atoms with Crippen molar-refractivity contribution in [1.29, 1.82) is 0 Å². The quantitative estimate of drug-likeness (QED) is 0.812. The van der Waals surface area contributed by atoms with Gasteiger partial charge in [-0.05, 0) is 24.3 Å². The first-order chi connectivity index (χ1) is 9.43. The van der Waals surface area contributed by atoms with E-state index in [1.54, 1.807) is 6.07 Å². The van der Waals surface area contributed by atoms with Crippen LogP contribution in [-0.2, 0) is 6.18 Å². The molecule has 0 spiro atoms. The van der Waals surface area contributed by atoms with Crippen molar-refractivity contribution in [2.45, 2.75) is 6.18 Å². The van der Waals surface area contributed by atoms with E-state index in [1.165, 1.54) is 19.4 Å². The maximum absolute atomic E-state index is 12.4. The summed E-state index contributed by atoms with van der Waals surface area (Å²) in [4.78, 5) is 19.5. The Hall–Kier alpha value is -2.44. The van der Waals surface area contributed by atoms with Gasteiger partial charge in [0.15, 0.2) is 5.69 Å². The molecule has 4 nitrogen and oxygen atoms in total. The van der Waals surface area contributed by atoms with Crippen molar-refractivity contribution in [3.05, 3.63) is 53.6 Å². The average molecular weight is 282 g/mol. The van der Waals surface area contributed by atoms with Gasteiger partial charge >= 0.3 is 6.18 Å². The van der Waals surface area contributed by atoms with Crippen molar-refractivity contribution in [2.75, 3.05) is 7.11 Å². The van der Waals surface area contributed by atoms with E-state index in [2.05, 4.69) is 9.97 Å². The van der Waals surface area contributed by atoms with Gasteiger partial charge in [0.2, 0.25) is 5.78 Å². The standard InChI is InChI=1S/C13H9F3N2O2/c1-20-10-3-2-6-17-11(10)12(19)9-5-4-8(7-18-9)13(14,15)16/h2-7H,1H3. The van der Waals surface area contributed by atoms with Gasteiger partial charge in [-0.3, -0.25) is 9.78 Å². The van der Waals surface area contributed by atoms with E-state index >= 15 is 0 Å². The lowest BCUT2D eigenvalue weighted by Gasteiger charge is -2.07. The number of nitrogens with zero attached hydrogens (tertiary/aromatic N) is 2. The fraction of sp³-hybridized carbons (Fsp3) is 0.154. The maximum atomic E-state index is 12.4. The first kappa shape index (κ1) is 14.0. The SMILES string of the molecule is COc1cccnc1C(=O)c1ccc(C(F)(F)F)cn1. The molecule has 0 saturated carbocycles. The highest BCUT2D eigenvalue weighted by Gasteiger charge is 2.31. The third-order valence-electron chi connectivity index (χ3n) is 2.53. The maximum Gasteiger partial charge on any atom is 0.417 e. The van der Waals surface area contributed by atoms with E-state index in [9.17, 15) is 18.0 Å². The van der Waals surface area contributed by atoms with Gasteiger partial charge in [-0.2, -0.15) is 13.2 Å². The largest absolute Gasteiger partial charge is 0.494 e. The van der Waals surface area contributed by atoms with Crippen LogP contribution in [0.1, 0.15) is 21.7 Å². The number of alkyl halides is 3. The third-order valence-corrected chi connectivity index (χ3v) is 2.53. The van der Waals surface area contributed by atoms with Gasteiger partial charge in [-0.25, -0.2) is 4.98 Å². The normalized spacial score (nSPS) is 11.2. The van der Waals surface area contributed by atoms with Crippen LogP contribution >= 0.6 is 0 Å². The Balaban J connectivity index is 2.34. The minimum Gasteiger partial charge on any atom is -0.494 e. The minimum atomic E-state index is -4.49. The molecule has 0 amide bonds. The first-order valence-electron chi connectivity index (χ1n) is 5.50. The van der Waals surface area contributed by atoms with Crippen molar-refractivity contribution in [3.63, 3.8) is 0 Å². The van der Waals surface area contributed by atoms with Gasteiger partial charge in [-0.1, -0.05) is 0 Å². The molecular weight excluding hydrogens is 273 g/mol. The van der Waals surface area contributed by atoms with Crippen LogP contribution in [0.25, 0.3) is 0 Å². The van der Waals surface area contributed by atoms with Gasteiger partial charge in [-0.15, -0.1) is 0 Å². The molecule has 7 heteroatoms. The first-order valence-corrected chi connectivity index (χ1v) is 5.50. The van der Waals surface area contributed by atoms with Crippen LogP contribution in [0, 0.1) is 0 Å². The van der Waals surface area contributed by atoms with E-state index in [0.717, 1.165) is 12.1 Å². The summed E-state index contributed by atoms with van der Waals surface area (Å²) in [6, 6.07) is 4.93. The number of ether oxygens (including phenoxy) is 1. The number of methoxy groups -OCH3 is 1. The molecule has 0 unspecified atom stereocenters.